The number of hydrogen-bond donors (Lipinski definition) is 1. The van der Waals surface area contributed by atoms with E-state index in [1.54, 1.807) is 0 Å². The van der Waals surface area contributed by atoms with Crippen molar-refractivity contribution >= 4 is 0 Å². The second kappa shape index (κ2) is 3.42. The largest absolute Gasteiger partial charge is 0.330 e. The van der Waals surface area contributed by atoms with Crippen LogP contribution in [0.1, 0.15) is 35.8 Å². The first kappa shape index (κ1) is 8.63. The van der Waals surface area contributed by atoms with Gasteiger partial charge in [-0.1, -0.05) is 0 Å². The van der Waals surface area contributed by atoms with Crippen LogP contribution < -0.4 is 5.73 Å². The second-order valence-corrected chi connectivity index (χ2v) is 3.64. The van der Waals surface area contributed by atoms with E-state index in [-0.39, 0.29) is 0 Å². The summed E-state index contributed by atoms with van der Waals surface area (Å²) in [6, 6.07) is 0. The van der Waals surface area contributed by atoms with E-state index in [2.05, 4.69) is 9.97 Å². The van der Waals surface area contributed by atoms with Gasteiger partial charge in [-0.3, -0.25) is 0 Å². The van der Waals surface area contributed by atoms with Crippen molar-refractivity contribution in [2.24, 2.45) is 5.73 Å². The molecule has 2 N–H and O–H groups in total. The molecule has 1 unspecified atom stereocenters. The molecular formula is C10H15N3. The minimum atomic E-state index is 0.585. The number of hydrogen-bond acceptors (Lipinski definition) is 3. The molecule has 0 saturated heterocycles. The molecule has 0 saturated carbocycles. The normalized spacial score (nSPS) is 20.3. The van der Waals surface area contributed by atoms with Crippen LogP contribution in [0, 0.1) is 6.92 Å². The summed E-state index contributed by atoms with van der Waals surface area (Å²) < 4.78 is 0. The smallest absolute Gasteiger partial charge is 0.125 e. The van der Waals surface area contributed by atoms with Gasteiger partial charge in [0, 0.05) is 12.1 Å². The molecule has 0 aromatic carbocycles. The maximum absolute atomic E-state index is 5.56. The van der Waals surface area contributed by atoms with Gasteiger partial charge < -0.3 is 5.73 Å². The summed E-state index contributed by atoms with van der Waals surface area (Å²) in [6.45, 7) is 2.70. The van der Waals surface area contributed by atoms with Crippen molar-refractivity contribution in [2.45, 2.75) is 32.1 Å². The van der Waals surface area contributed by atoms with Crippen LogP contribution in [0.25, 0.3) is 0 Å². The molecule has 3 heteroatoms. The van der Waals surface area contributed by atoms with Gasteiger partial charge in [0.05, 0.1) is 5.69 Å². The molecule has 1 aromatic heterocycles. The van der Waals surface area contributed by atoms with Gasteiger partial charge in [-0.05, 0) is 38.3 Å². The van der Waals surface area contributed by atoms with E-state index < -0.39 is 0 Å². The van der Waals surface area contributed by atoms with Gasteiger partial charge in [-0.15, -0.1) is 0 Å². The second-order valence-electron chi connectivity index (χ2n) is 3.64. The number of nitrogens with two attached hydrogens (primary N) is 1. The minimum absolute atomic E-state index is 0.585. The standard InChI is InChI=1S/C10H15N3/c1-7-12-6-9-3-2-8(4-5-11)10(9)13-7/h6,8H,2-5,11H2,1H3. The molecule has 0 bridgehead atoms. The van der Waals surface area contributed by atoms with Gasteiger partial charge >= 0.3 is 0 Å². The van der Waals surface area contributed by atoms with Crippen molar-refractivity contribution < 1.29 is 0 Å². The van der Waals surface area contributed by atoms with Gasteiger partial charge in [0.25, 0.3) is 0 Å². The lowest BCUT2D eigenvalue weighted by Crippen LogP contribution is -2.06. The lowest BCUT2D eigenvalue weighted by Gasteiger charge is -2.08. The fourth-order valence-electron chi connectivity index (χ4n) is 2.01. The SMILES string of the molecule is Cc1ncc2c(n1)C(CCN)CC2. The summed E-state index contributed by atoms with van der Waals surface area (Å²) in [4.78, 5) is 8.69. The molecule has 1 aliphatic rings. The average Bonchev–Trinajstić information content (AvgIpc) is 2.49. The highest BCUT2D eigenvalue weighted by molar-refractivity contribution is 5.26. The predicted octanol–water partition coefficient (Wildman–Crippen LogP) is 1.16. The third-order valence-electron chi connectivity index (χ3n) is 2.68. The Balaban J connectivity index is 2.29. The first-order valence-corrected chi connectivity index (χ1v) is 4.83. The van der Waals surface area contributed by atoms with Crippen molar-refractivity contribution in [3.63, 3.8) is 0 Å². The number of nitrogens with zero attached hydrogens (tertiary/aromatic N) is 2. The van der Waals surface area contributed by atoms with Crippen molar-refractivity contribution in [2.75, 3.05) is 6.54 Å². The molecule has 1 aliphatic carbocycles. The third kappa shape index (κ3) is 1.56. The van der Waals surface area contributed by atoms with Gasteiger partial charge in [0.1, 0.15) is 5.82 Å². The maximum Gasteiger partial charge on any atom is 0.125 e. The zero-order valence-corrected chi connectivity index (χ0v) is 7.95. The number of fused-ring (bicyclic) bond motifs is 1. The molecule has 1 heterocycles. The molecule has 70 valence electrons. The zero-order chi connectivity index (χ0) is 9.26. The third-order valence-corrected chi connectivity index (χ3v) is 2.68. The van der Waals surface area contributed by atoms with E-state index in [1.807, 2.05) is 13.1 Å². The Morgan fingerprint density at radius 3 is 3.23 bits per heavy atom. The number of rotatable bonds is 2. The van der Waals surface area contributed by atoms with Crippen molar-refractivity contribution in [1.29, 1.82) is 0 Å². The molecule has 0 fully saturated rings. The Labute approximate surface area is 78.4 Å². The molecule has 13 heavy (non-hydrogen) atoms. The van der Waals surface area contributed by atoms with Crippen LogP contribution in [-0.4, -0.2) is 16.5 Å². The summed E-state index contributed by atoms with van der Waals surface area (Å²) in [5, 5.41) is 0. The molecule has 0 amide bonds. The molecule has 1 aromatic rings. The Hall–Kier alpha value is -0.960. The van der Waals surface area contributed by atoms with Crippen molar-refractivity contribution in [1.82, 2.24) is 9.97 Å². The summed E-state index contributed by atoms with van der Waals surface area (Å²) in [5.41, 5.74) is 8.13. The molecule has 2 rings (SSSR count). The quantitative estimate of drug-likeness (QED) is 0.737. The predicted molar refractivity (Wildman–Crippen MR) is 51.5 cm³/mol. The summed E-state index contributed by atoms with van der Waals surface area (Å²) in [7, 11) is 0. The first-order valence-electron chi connectivity index (χ1n) is 4.83. The van der Waals surface area contributed by atoms with Gasteiger partial charge in [0.15, 0.2) is 0 Å². The van der Waals surface area contributed by atoms with Crippen LogP contribution in [0.2, 0.25) is 0 Å². The summed E-state index contributed by atoms with van der Waals surface area (Å²) >= 11 is 0. The highest BCUT2D eigenvalue weighted by Crippen LogP contribution is 2.32. The van der Waals surface area contributed by atoms with Crippen LogP contribution in [-0.2, 0) is 6.42 Å². The minimum Gasteiger partial charge on any atom is -0.330 e. The lowest BCUT2D eigenvalue weighted by atomic mass is 10.0. The molecule has 0 radical (unpaired) electrons. The summed E-state index contributed by atoms with van der Waals surface area (Å²) in [6.07, 6.45) is 5.35. The van der Waals surface area contributed by atoms with E-state index >= 15 is 0 Å². The van der Waals surface area contributed by atoms with Gasteiger partial charge in [-0.25, -0.2) is 9.97 Å². The highest BCUT2D eigenvalue weighted by Gasteiger charge is 2.23. The fourth-order valence-corrected chi connectivity index (χ4v) is 2.01. The topological polar surface area (TPSA) is 51.8 Å². The van der Waals surface area contributed by atoms with Gasteiger partial charge in [0.2, 0.25) is 0 Å². The van der Waals surface area contributed by atoms with Crippen LogP contribution in [0.5, 0.6) is 0 Å². The molecular weight excluding hydrogens is 162 g/mol. The Morgan fingerprint density at radius 1 is 1.62 bits per heavy atom. The van der Waals surface area contributed by atoms with E-state index in [0.29, 0.717) is 5.92 Å². The van der Waals surface area contributed by atoms with E-state index in [0.717, 1.165) is 25.2 Å². The Kier molecular flexibility index (Phi) is 2.27. The summed E-state index contributed by atoms with van der Waals surface area (Å²) in [5.74, 6) is 1.46. The molecule has 1 atom stereocenters. The fraction of sp³-hybridized carbons (Fsp3) is 0.600. The monoisotopic (exact) mass is 177 g/mol. The van der Waals surface area contributed by atoms with Crippen LogP contribution in [0.3, 0.4) is 0 Å². The van der Waals surface area contributed by atoms with Crippen molar-refractivity contribution in [3.05, 3.63) is 23.3 Å². The average molecular weight is 177 g/mol. The Bertz CT molecular complexity index is 307. The van der Waals surface area contributed by atoms with Crippen LogP contribution in [0.4, 0.5) is 0 Å². The molecule has 3 nitrogen and oxygen atoms in total. The lowest BCUT2D eigenvalue weighted by molar-refractivity contribution is 0.614. The molecule has 0 aliphatic heterocycles. The van der Waals surface area contributed by atoms with Crippen LogP contribution in [0.15, 0.2) is 6.20 Å². The number of aryl methyl sites for hydroxylation is 2. The van der Waals surface area contributed by atoms with E-state index in [9.17, 15) is 0 Å². The first-order chi connectivity index (χ1) is 6.31. The van der Waals surface area contributed by atoms with E-state index in [1.165, 1.54) is 17.7 Å². The van der Waals surface area contributed by atoms with Gasteiger partial charge in [-0.2, -0.15) is 0 Å². The highest BCUT2D eigenvalue weighted by atomic mass is 14.9. The van der Waals surface area contributed by atoms with E-state index in [4.69, 9.17) is 5.73 Å². The molecule has 0 spiro atoms. The van der Waals surface area contributed by atoms with Crippen molar-refractivity contribution in [3.8, 4) is 0 Å². The van der Waals surface area contributed by atoms with Crippen LogP contribution >= 0.6 is 0 Å². The zero-order valence-electron chi connectivity index (χ0n) is 7.95. The maximum atomic E-state index is 5.56. The number of aromatic nitrogens is 2. The Morgan fingerprint density at radius 2 is 2.46 bits per heavy atom.